The molecule has 0 bridgehead atoms. The number of aliphatic carboxylic acids is 1. The molecule has 0 amide bonds. The maximum atomic E-state index is 11.5. The minimum Gasteiger partial charge on any atom is -0.474 e. The highest BCUT2D eigenvalue weighted by atomic mass is 32.2. The quantitative estimate of drug-likeness (QED) is 0.169. The van der Waals surface area contributed by atoms with Crippen LogP contribution in [0.4, 0.5) is 0 Å². The van der Waals surface area contributed by atoms with E-state index >= 15 is 0 Å². The summed E-state index contributed by atoms with van der Waals surface area (Å²) >= 11 is 0. The van der Waals surface area contributed by atoms with Crippen molar-refractivity contribution < 1.29 is 32.5 Å². The van der Waals surface area contributed by atoms with Gasteiger partial charge >= 0.3 is 21.1 Å². The fraction of sp³-hybridized carbons (Fsp3) is 0.944. The minimum absolute atomic E-state index is 0.452. The number of aliphatic hydroxyl groups is 1. The Kier molecular flexibility index (Phi) is 10.9. The smallest absolute Gasteiger partial charge is 0.428 e. The first kappa shape index (κ1) is 25.3. The zero-order valence-electron chi connectivity index (χ0n) is 16.8. The maximum absolute atomic E-state index is 11.5. The van der Waals surface area contributed by atoms with Gasteiger partial charge in [-0.15, -0.1) is 0 Å². The zero-order chi connectivity index (χ0) is 20.4. The van der Waals surface area contributed by atoms with E-state index in [0.717, 1.165) is 19.3 Å². The number of rotatable bonds is 15. The van der Waals surface area contributed by atoms with Crippen molar-refractivity contribution in [2.45, 2.75) is 95.6 Å². The summed E-state index contributed by atoms with van der Waals surface area (Å²) in [6.07, 6.45) is 12.3. The van der Waals surface area contributed by atoms with Gasteiger partial charge in [0.25, 0.3) is 0 Å². The predicted octanol–water partition coefficient (Wildman–Crippen LogP) is 3.38. The molecule has 0 aromatic carbocycles. The van der Waals surface area contributed by atoms with Gasteiger partial charge in [0.1, 0.15) is 0 Å². The Labute approximate surface area is 158 Å². The van der Waals surface area contributed by atoms with Crippen molar-refractivity contribution in [3.63, 3.8) is 0 Å². The Morgan fingerprint density at radius 2 is 1.35 bits per heavy atom. The van der Waals surface area contributed by atoms with Crippen LogP contribution < -0.4 is 0 Å². The van der Waals surface area contributed by atoms with Crippen molar-refractivity contribution in [2.75, 3.05) is 14.1 Å². The molecule has 8 heteroatoms. The van der Waals surface area contributed by atoms with Crippen LogP contribution in [0.25, 0.3) is 0 Å². The molecule has 0 spiro atoms. The lowest BCUT2D eigenvalue weighted by molar-refractivity contribution is -0.960. The van der Waals surface area contributed by atoms with Gasteiger partial charge < -0.3 is 10.2 Å². The summed E-state index contributed by atoms with van der Waals surface area (Å²) in [6, 6.07) is -0.452. The molecular formula is C18H38NO6S+. The molecule has 0 heterocycles. The predicted molar refractivity (Wildman–Crippen MR) is 102 cm³/mol. The van der Waals surface area contributed by atoms with Crippen LogP contribution in [-0.4, -0.2) is 58.8 Å². The number of carboxylic acid groups (broad SMARTS) is 1. The number of hydrogen-bond donors (Lipinski definition) is 3. The van der Waals surface area contributed by atoms with Gasteiger partial charge in [-0.1, -0.05) is 64.7 Å². The summed E-state index contributed by atoms with van der Waals surface area (Å²) in [5.41, 5.74) is 0. The molecule has 0 aliphatic rings. The largest absolute Gasteiger partial charge is 0.474 e. The molecule has 0 aromatic heterocycles. The lowest BCUT2D eigenvalue weighted by Gasteiger charge is -2.43. The Hall–Kier alpha value is -0.700. The van der Waals surface area contributed by atoms with E-state index in [9.17, 15) is 28.0 Å². The fourth-order valence-corrected chi connectivity index (χ4v) is 4.20. The molecule has 26 heavy (non-hydrogen) atoms. The van der Waals surface area contributed by atoms with Crippen LogP contribution in [0, 0.1) is 0 Å². The van der Waals surface area contributed by atoms with E-state index in [1.54, 1.807) is 6.92 Å². The first-order valence-electron chi connectivity index (χ1n) is 9.69. The summed E-state index contributed by atoms with van der Waals surface area (Å²) in [5.74, 6) is -1.97. The summed E-state index contributed by atoms with van der Waals surface area (Å²) in [5, 5.41) is 16.1. The van der Waals surface area contributed by atoms with Crippen molar-refractivity contribution >= 4 is 16.1 Å². The van der Waals surface area contributed by atoms with Crippen molar-refractivity contribution in [1.82, 2.24) is 0 Å². The average Bonchev–Trinajstić information content (AvgIpc) is 2.53. The number of quaternary nitrogens is 1. The molecule has 2 atom stereocenters. The molecule has 0 fully saturated rings. The summed E-state index contributed by atoms with van der Waals surface area (Å²) < 4.78 is 31.5. The van der Waals surface area contributed by atoms with Gasteiger partial charge in [-0.25, -0.2) is 4.79 Å². The Morgan fingerprint density at radius 1 is 0.962 bits per heavy atom. The molecular weight excluding hydrogens is 358 g/mol. The number of carbonyl (C=O) groups is 1. The number of carboxylic acids is 1. The third-order valence-electron chi connectivity index (χ3n) is 5.50. The number of hydrogen-bond acceptors (Lipinski definition) is 4. The van der Waals surface area contributed by atoms with E-state index in [1.165, 1.54) is 59.0 Å². The Balaban J connectivity index is 4.34. The minimum atomic E-state index is -5.19. The zero-order valence-corrected chi connectivity index (χ0v) is 17.6. The van der Waals surface area contributed by atoms with Gasteiger partial charge in [0.2, 0.25) is 0 Å². The van der Waals surface area contributed by atoms with Gasteiger partial charge in [-0.3, -0.25) is 9.04 Å². The summed E-state index contributed by atoms with van der Waals surface area (Å²) in [7, 11) is -2.57. The Bertz CT molecular complexity index is 520. The third-order valence-corrected chi connectivity index (χ3v) is 6.86. The highest BCUT2D eigenvalue weighted by Gasteiger charge is 2.64. The van der Waals surface area contributed by atoms with Gasteiger partial charge in [0.05, 0.1) is 20.1 Å². The average molecular weight is 397 g/mol. The van der Waals surface area contributed by atoms with Crippen LogP contribution in [0.15, 0.2) is 0 Å². The van der Waals surface area contributed by atoms with Crippen LogP contribution in [0.3, 0.4) is 0 Å². The Morgan fingerprint density at radius 3 is 1.69 bits per heavy atom. The first-order chi connectivity index (χ1) is 11.9. The van der Waals surface area contributed by atoms with Crippen molar-refractivity contribution in [1.29, 1.82) is 0 Å². The van der Waals surface area contributed by atoms with E-state index < -0.39 is 31.7 Å². The molecule has 2 unspecified atom stereocenters. The molecule has 0 aliphatic carbocycles. The lowest BCUT2D eigenvalue weighted by Crippen LogP contribution is -2.71. The number of likely N-dealkylation sites (N-methyl/N-ethyl adjacent to an activating group) is 1. The van der Waals surface area contributed by atoms with Gasteiger partial charge in [-0.2, -0.15) is 8.42 Å². The van der Waals surface area contributed by atoms with Crippen molar-refractivity contribution in [3.8, 4) is 0 Å². The van der Waals surface area contributed by atoms with Crippen LogP contribution >= 0.6 is 0 Å². The topological polar surface area (TPSA) is 112 Å². The SMILES string of the molecule is CCCCCCCCCCCCC(C)[N+](C)(C)C(O)(C(=O)O)S(=O)(=O)O. The molecule has 0 aromatic rings. The second-order valence-electron chi connectivity index (χ2n) is 7.75. The van der Waals surface area contributed by atoms with Crippen LogP contribution in [0.2, 0.25) is 0 Å². The number of unbranched alkanes of at least 4 members (excludes halogenated alkanes) is 9. The standard InChI is InChI=1S/C18H37NO6S/c1-5-6-7-8-9-10-11-12-13-14-15-16(2)19(3,4)18(22,17(20)21)26(23,24)25/h16,22H,5-15H2,1-4H3,(H-,20,21,23,24,25)/p+1. The van der Waals surface area contributed by atoms with E-state index in [0.29, 0.717) is 6.42 Å². The first-order valence-corrected chi connectivity index (χ1v) is 11.1. The van der Waals surface area contributed by atoms with Crippen LogP contribution in [0.5, 0.6) is 0 Å². The molecule has 3 N–H and O–H groups in total. The molecule has 0 saturated heterocycles. The van der Waals surface area contributed by atoms with Crippen molar-refractivity contribution in [2.24, 2.45) is 0 Å². The molecule has 0 saturated carbocycles. The van der Waals surface area contributed by atoms with Gasteiger partial charge in [-0.05, 0) is 19.8 Å². The second kappa shape index (κ2) is 11.2. The molecule has 0 aliphatic heterocycles. The fourth-order valence-electron chi connectivity index (χ4n) is 3.20. The third kappa shape index (κ3) is 6.79. The van der Waals surface area contributed by atoms with Crippen LogP contribution in [0.1, 0.15) is 84.5 Å². The van der Waals surface area contributed by atoms with E-state index in [2.05, 4.69) is 6.92 Å². The maximum Gasteiger partial charge on any atom is 0.428 e. The summed E-state index contributed by atoms with van der Waals surface area (Å²) in [4.78, 5) is 11.4. The van der Waals surface area contributed by atoms with Gasteiger partial charge in [0.15, 0.2) is 0 Å². The summed E-state index contributed by atoms with van der Waals surface area (Å²) in [6.45, 7) is 3.89. The van der Waals surface area contributed by atoms with E-state index in [1.807, 2.05) is 0 Å². The lowest BCUT2D eigenvalue weighted by atomic mass is 10.0. The normalized spacial score (nSPS) is 16.2. The van der Waals surface area contributed by atoms with Crippen LogP contribution in [-0.2, 0) is 14.9 Å². The molecule has 7 nitrogen and oxygen atoms in total. The molecule has 0 rings (SSSR count). The van der Waals surface area contributed by atoms with Gasteiger partial charge in [0, 0.05) is 0 Å². The van der Waals surface area contributed by atoms with E-state index in [-0.39, 0.29) is 0 Å². The second-order valence-corrected chi connectivity index (χ2v) is 9.27. The van der Waals surface area contributed by atoms with Crippen molar-refractivity contribution in [3.05, 3.63) is 0 Å². The molecule has 0 radical (unpaired) electrons. The monoisotopic (exact) mass is 396 g/mol. The number of nitrogens with zero attached hydrogens (tertiary/aromatic N) is 1. The highest BCUT2D eigenvalue weighted by molar-refractivity contribution is 7.87. The molecule has 156 valence electrons. The van der Waals surface area contributed by atoms with E-state index in [4.69, 9.17) is 0 Å². The highest BCUT2D eigenvalue weighted by Crippen LogP contribution is 2.30.